The molecule has 3 rings (SSSR count). The van der Waals surface area contributed by atoms with Gasteiger partial charge in [0.2, 0.25) is 0 Å². The van der Waals surface area contributed by atoms with Gasteiger partial charge in [0, 0.05) is 6.20 Å². The molecule has 0 bridgehead atoms. The zero-order valence-corrected chi connectivity index (χ0v) is 14.3. The first-order valence-electron chi connectivity index (χ1n) is 7.64. The quantitative estimate of drug-likeness (QED) is 0.535. The molecule has 1 amide bonds. The summed E-state index contributed by atoms with van der Waals surface area (Å²) in [5, 5.41) is 0.692. The Morgan fingerprint density at radius 2 is 1.80 bits per heavy atom. The van der Waals surface area contributed by atoms with Crippen molar-refractivity contribution in [2.24, 2.45) is 0 Å². The molecule has 4 nitrogen and oxygen atoms in total. The number of carbonyl (C=O) groups is 1. The lowest BCUT2D eigenvalue weighted by Gasteiger charge is -2.11. The van der Waals surface area contributed by atoms with Gasteiger partial charge in [-0.3, -0.25) is 10.2 Å². The first kappa shape index (κ1) is 17.1. The van der Waals surface area contributed by atoms with Crippen molar-refractivity contribution in [1.29, 1.82) is 0 Å². The molecule has 0 radical (unpaired) electrons. The van der Waals surface area contributed by atoms with Crippen molar-refractivity contribution >= 4 is 17.9 Å². The second-order valence-electron chi connectivity index (χ2n) is 5.35. The van der Waals surface area contributed by atoms with E-state index in [1.807, 2.05) is 36.4 Å². The molecule has 0 atom stereocenters. The zero-order valence-electron chi connectivity index (χ0n) is 13.5. The molecule has 0 unspecified atom stereocenters. The van der Waals surface area contributed by atoms with Gasteiger partial charge in [-0.15, -0.1) is 0 Å². The van der Waals surface area contributed by atoms with E-state index in [0.29, 0.717) is 10.6 Å². The minimum Gasteiger partial charge on any atom is -0.277 e. The third-order valence-corrected chi connectivity index (χ3v) is 4.22. The number of hydrazine groups is 1. The number of nitrogens with zero attached hydrogens (tertiary/aromatic N) is 1. The fraction of sp³-hybridized carbons (Fsp3) is 0.0526. The van der Waals surface area contributed by atoms with Gasteiger partial charge in [0.15, 0.2) is 0 Å². The highest BCUT2D eigenvalue weighted by Crippen LogP contribution is 2.24. The van der Waals surface area contributed by atoms with E-state index in [1.165, 1.54) is 0 Å². The van der Waals surface area contributed by atoms with Gasteiger partial charge in [-0.25, -0.2) is 9.37 Å². The van der Waals surface area contributed by atoms with Crippen LogP contribution in [0.15, 0.2) is 71.9 Å². The molecule has 25 heavy (non-hydrogen) atoms. The number of benzene rings is 2. The summed E-state index contributed by atoms with van der Waals surface area (Å²) >= 11 is 1.14. The third kappa shape index (κ3) is 4.23. The van der Waals surface area contributed by atoms with E-state index in [0.717, 1.165) is 23.1 Å². The van der Waals surface area contributed by atoms with Gasteiger partial charge in [-0.05, 0) is 59.8 Å². The Hall–Kier alpha value is -2.70. The summed E-state index contributed by atoms with van der Waals surface area (Å²) in [6.07, 6.45) is 1.65. The van der Waals surface area contributed by atoms with Crippen molar-refractivity contribution in [3.05, 3.63) is 83.8 Å². The number of aromatic nitrogens is 1. The number of amides is 1. The Balaban J connectivity index is 1.76. The second-order valence-corrected chi connectivity index (χ2v) is 6.17. The number of rotatable bonds is 5. The molecule has 0 aliphatic rings. The van der Waals surface area contributed by atoms with Crippen LogP contribution in [0.3, 0.4) is 0 Å². The molecule has 2 aromatic carbocycles. The van der Waals surface area contributed by atoms with Crippen LogP contribution < -0.4 is 10.3 Å². The standard InChI is InChI=1S/C19H16FN3OS/c1-13-11-15(14-7-3-2-4-8-14)12-16(18(13)20)19(24)22-23-25-17-9-5-6-10-21-17/h2-12,23H,1H3,(H,22,24). The van der Waals surface area contributed by atoms with Crippen LogP contribution in [-0.2, 0) is 0 Å². The summed E-state index contributed by atoms with van der Waals surface area (Å²) in [6.45, 7) is 1.65. The summed E-state index contributed by atoms with van der Waals surface area (Å²) in [7, 11) is 0. The van der Waals surface area contributed by atoms with E-state index in [-0.39, 0.29) is 5.56 Å². The van der Waals surface area contributed by atoms with E-state index in [9.17, 15) is 9.18 Å². The summed E-state index contributed by atoms with van der Waals surface area (Å²) in [6, 6.07) is 18.3. The molecule has 1 heterocycles. The molecule has 0 aliphatic carbocycles. The summed E-state index contributed by atoms with van der Waals surface area (Å²) < 4.78 is 14.4. The molecule has 0 aliphatic heterocycles. The van der Waals surface area contributed by atoms with E-state index >= 15 is 0 Å². The van der Waals surface area contributed by atoms with Crippen molar-refractivity contribution in [2.75, 3.05) is 0 Å². The molecule has 2 N–H and O–H groups in total. The predicted molar refractivity (Wildman–Crippen MR) is 97.3 cm³/mol. The van der Waals surface area contributed by atoms with Gasteiger partial charge in [0.05, 0.1) is 5.56 Å². The molecule has 0 saturated carbocycles. The van der Waals surface area contributed by atoms with Gasteiger partial charge < -0.3 is 0 Å². The maximum Gasteiger partial charge on any atom is 0.269 e. The topological polar surface area (TPSA) is 54.0 Å². The summed E-state index contributed by atoms with van der Waals surface area (Å²) in [5.41, 5.74) is 4.62. The van der Waals surface area contributed by atoms with Crippen LogP contribution in [0.2, 0.25) is 0 Å². The average molecular weight is 353 g/mol. The van der Waals surface area contributed by atoms with Crippen LogP contribution >= 0.6 is 11.9 Å². The lowest BCUT2D eigenvalue weighted by Crippen LogP contribution is -2.33. The molecular weight excluding hydrogens is 337 g/mol. The van der Waals surface area contributed by atoms with Gasteiger partial charge in [-0.2, -0.15) is 4.83 Å². The average Bonchev–Trinajstić information content (AvgIpc) is 2.65. The Labute approximate surface area is 149 Å². The SMILES string of the molecule is Cc1cc(-c2ccccc2)cc(C(=O)NNSc2ccccn2)c1F. The predicted octanol–water partition coefficient (Wildman–Crippen LogP) is 4.14. The van der Waals surface area contributed by atoms with Crippen LogP contribution in [0.25, 0.3) is 11.1 Å². The normalized spacial score (nSPS) is 10.5. The van der Waals surface area contributed by atoms with Crippen molar-refractivity contribution in [1.82, 2.24) is 15.2 Å². The van der Waals surface area contributed by atoms with E-state index in [4.69, 9.17) is 0 Å². The highest BCUT2D eigenvalue weighted by atomic mass is 32.2. The van der Waals surface area contributed by atoms with Crippen molar-refractivity contribution in [3.8, 4) is 11.1 Å². The van der Waals surface area contributed by atoms with Gasteiger partial charge >= 0.3 is 0 Å². The van der Waals surface area contributed by atoms with Crippen LogP contribution in [-0.4, -0.2) is 10.9 Å². The monoisotopic (exact) mass is 353 g/mol. The van der Waals surface area contributed by atoms with E-state index < -0.39 is 11.7 Å². The number of hydrogen-bond donors (Lipinski definition) is 2. The Kier molecular flexibility index (Phi) is 5.42. The number of aryl methyl sites for hydroxylation is 1. The van der Waals surface area contributed by atoms with Crippen LogP contribution in [0.1, 0.15) is 15.9 Å². The minimum atomic E-state index is -0.540. The van der Waals surface area contributed by atoms with E-state index in [1.54, 1.807) is 37.4 Å². The summed E-state index contributed by atoms with van der Waals surface area (Å²) in [4.78, 5) is 19.1. The molecule has 3 aromatic rings. The van der Waals surface area contributed by atoms with Gasteiger partial charge in [0.25, 0.3) is 5.91 Å². The van der Waals surface area contributed by atoms with Gasteiger partial charge in [0.1, 0.15) is 10.8 Å². The lowest BCUT2D eigenvalue weighted by atomic mass is 9.99. The van der Waals surface area contributed by atoms with Crippen LogP contribution in [0.4, 0.5) is 4.39 Å². The molecule has 1 aromatic heterocycles. The first-order valence-corrected chi connectivity index (χ1v) is 8.45. The molecule has 0 spiro atoms. The van der Waals surface area contributed by atoms with Crippen LogP contribution in [0.5, 0.6) is 0 Å². The van der Waals surface area contributed by atoms with Gasteiger partial charge in [-0.1, -0.05) is 36.4 Å². The van der Waals surface area contributed by atoms with Crippen LogP contribution in [0, 0.1) is 12.7 Å². The fourth-order valence-electron chi connectivity index (χ4n) is 2.33. The maximum absolute atomic E-state index is 14.4. The van der Waals surface area contributed by atoms with Crippen molar-refractivity contribution < 1.29 is 9.18 Å². The van der Waals surface area contributed by atoms with Crippen molar-refractivity contribution in [2.45, 2.75) is 11.9 Å². The fourth-order valence-corrected chi connectivity index (χ4v) is 2.84. The lowest BCUT2D eigenvalue weighted by molar-refractivity contribution is 0.0943. The zero-order chi connectivity index (χ0) is 17.6. The number of hydrogen-bond acceptors (Lipinski definition) is 4. The largest absolute Gasteiger partial charge is 0.277 e. The Morgan fingerprint density at radius 1 is 1.04 bits per heavy atom. The maximum atomic E-state index is 14.4. The molecule has 0 saturated heterocycles. The minimum absolute atomic E-state index is 0.00651. The first-order chi connectivity index (χ1) is 12.1. The Bertz CT molecular complexity index is 873. The van der Waals surface area contributed by atoms with Crippen molar-refractivity contribution in [3.63, 3.8) is 0 Å². The highest BCUT2D eigenvalue weighted by molar-refractivity contribution is 7.97. The number of pyridine rings is 1. The number of nitrogens with one attached hydrogen (secondary N) is 2. The number of halogens is 1. The third-order valence-electron chi connectivity index (χ3n) is 3.56. The highest BCUT2D eigenvalue weighted by Gasteiger charge is 2.16. The second kappa shape index (κ2) is 7.92. The molecule has 6 heteroatoms. The number of carbonyl (C=O) groups excluding carboxylic acids is 1. The molecule has 0 fully saturated rings. The molecule has 126 valence electrons. The smallest absolute Gasteiger partial charge is 0.269 e. The molecular formula is C19H16FN3OS. The summed E-state index contributed by atoms with van der Waals surface area (Å²) in [5.74, 6) is -1.07. The van der Waals surface area contributed by atoms with E-state index in [2.05, 4.69) is 15.2 Å². The Morgan fingerprint density at radius 3 is 2.52 bits per heavy atom.